The molecule has 0 bridgehead atoms. The molecule has 3 nitrogen and oxygen atoms in total. The number of aromatic nitrogens is 1. The van der Waals surface area contributed by atoms with Crippen molar-refractivity contribution in [2.75, 3.05) is 0 Å². The normalized spacial score (nSPS) is 10.5. The minimum absolute atomic E-state index is 0. The molecular weight excluding hydrogens is 353 g/mol. The van der Waals surface area contributed by atoms with Crippen molar-refractivity contribution in [1.29, 1.82) is 0 Å². The van der Waals surface area contributed by atoms with Crippen molar-refractivity contribution in [1.82, 2.24) is 4.57 Å². The fourth-order valence-corrected chi connectivity index (χ4v) is 2.08. The van der Waals surface area contributed by atoms with Gasteiger partial charge in [-0.05, 0) is 12.1 Å². The van der Waals surface area contributed by atoms with Crippen LogP contribution in [-0.4, -0.2) is 16.1 Å². The number of phenols is 1. The van der Waals surface area contributed by atoms with Crippen molar-refractivity contribution >= 4 is 0 Å². The first kappa shape index (κ1) is 18.0. The monoisotopic (exact) mass is 367 g/mol. The summed E-state index contributed by atoms with van der Waals surface area (Å²) >= 11 is 0. The van der Waals surface area contributed by atoms with E-state index in [4.69, 9.17) is 0 Å². The van der Waals surface area contributed by atoms with Crippen molar-refractivity contribution in [2.24, 2.45) is 0 Å². The molecule has 0 fully saturated rings. The first-order valence-electron chi connectivity index (χ1n) is 6.10. The fourth-order valence-electron chi connectivity index (χ4n) is 2.08. The van der Waals surface area contributed by atoms with Gasteiger partial charge < -0.3 is 9.67 Å². The van der Waals surface area contributed by atoms with Crippen LogP contribution in [0.3, 0.4) is 0 Å². The van der Waals surface area contributed by atoms with Gasteiger partial charge in [-0.2, -0.15) is 12.1 Å². The molecule has 1 N–H and O–H groups in total. The first-order chi connectivity index (χ1) is 9.40. The number of benzene rings is 1. The van der Waals surface area contributed by atoms with E-state index >= 15 is 0 Å². The molecule has 0 spiro atoms. The molecule has 1 aromatic carbocycles. The Morgan fingerprint density at radius 2 is 1.95 bits per heavy atom. The van der Waals surface area contributed by atoms with Gasteiger partial charge in [-0.1, -0.05) is 36.2 Å². The summed E-state index contributed by atoms with van der Waals surface area (Å²) in [6, 6.07) is 8.92. The number of rotatable bonds is 3. The molecule has 0 amide bonds. The van der Waals surface area contributed by atoms with Crippen LogP contribution in [0.1, 0.15) is 11.1 Å². The molecular formula is C15H14F2NO2Y-. The number of halogens is 2. The molecule has 2 aromatic rings. The van der Waals surface area contributed by atoms with Gasteiger partial charge in [0.1, 0.15) is 5.75 Å². The average molecular weight is 367 g/mol. The second-order valence-corrected chi connectivity index (χ2v) is 4.63. The van der Waals surface area contributed by atoms with Crippen LogP contribution >= 0.6 is 0 Å². The summed E-state index contributed by atoms with van der Waals surface area (Å²) in [6.07, 6.45) is -2.63. The van der Waals surface area contributed by atoms with Crippen LogP contribution in [-0.2, 0) is 39.3 Å². The number of aromatic hydroxyl groups is 1. The van der Waals surface area contributed by atoms with E-state index < -0.39 is 18.5 Å². The molecule has 1 heterocycles. The molecule has 0 unspecified atom stereocenters. The molecule has 0 aliphatic heterocycles. The predicted octanol–water partition coefficient (Wildman–Crippen LogP) is 2.90. The zero-order valence-corrected chi connectivity index (χ0v) is 14.6. The van der Waals surface area contributed by atoms with Crippen LogP contribution in [0, 0.1) is 19.9 Å². The second-order valence-electron chi connectivity index (χ2n) is 4.63. The van der Waals surface area contributed by atoms with E-state index in [0.29, 0.717) is 22.4 Å². The Morgan fingerprint density at radius 3 is 2.52 bits per heavy atom. The van der Waals surface area contributed by atoms with Gasteiger partial charge in [0.05, 0.1) is 6.54 Å². The summed E-state index contributed by atoms with van der Waals surface area (Å²) in [7, 11) is 0. The summed E-state index contributed by atoms with van der Waals surface area (Å²) in [4.78, 5) is 12.0. The van der Waals surface area contributed by atoms with Crippen LogP contribution < -0.4 is 5.56 Å². The zero-order valence-electron chi connectivity index (χ0n) is 11.7. The minimum atomic E-state index is -2.63. The molecule has 21 heavy (non-hydrogen) atoms. The molecule has 6 heteroatoms. The van der Waals surface area contributed by atoms with Gasteiger partial charge in [0.25, 0.3) is 6.43 Å². The third-order valence-electron chi connectivity index (χ3n) is 3.06. The summed E-state index contributed by atoms with van der Waals surface area (Å²) in [5.41, 5.74) is 1.50. The Hall–Kier alpha value is -1.07. The van der Waals surface area contributed by atoms with Crippen LogP contribution in [0.2, 0.25) is 0 Å². The van der Waals surface area contributed by atoms with Gasteiger partial charge in [-0.25, -0.2) is 8.78 Å². The van der Waals surface area contributed by atoms with Gasteiger partial charge in [-0.3, -0.25) is 4.79 Å². The predicted molar refractivity (Wildman–Crippen MR) is 72.1 cm³/mol. The van der Waals surface area contributed by atoms with Gasteiger partial charge in [0.2, 0.25) is 0 Å². The molecule has 0 aliphatic rings. The summed E-state index contributed by atoms with van der Waals surface area (Å²) in [5, 5.41) is 9.40. The van der Waals surface area contributed by atoms with E-state index in [0.717, 1.165) is 4.57 Å². The fraction of sp³-hybridized carbons (Fsp3) is 0.267. The summed E-state index contributed by atoms with van der Waals surface area (Å²) < 4.78 is 26.4. The van der Waals surface area contributed by atoms with E-state index in [2.05, 4.69) is 6.07 Å². The van der Waals surface area contributed by atoms with E-state index in [1.54, 1.807) is 19.9 Å². The maximum Gasteiger partial charge on any atom is 0.256 e. The van der Waals surface area contributed by atoms with Crippen molar-refractivity contribution in [2.45, 2.75) is 26.8 Å². The van der Waals surface area contributed by atoms with Gasteiger partial charge in [0.15, 0.2) is 5.56 Å². The Bertz CT molecular complexity index is 699. The molecule has 0 saturated carbocycles. The Labute approximate surface area is 146 Å². The summed E-state index contributed by atoms with van der Waals surface area (Å²) in [6.45, 7) is 2.63. The molecule has 109 valence electrons. The van der Waals surface area contributed by atoms with E-state index in [1.165, 1.54) is 18.2 Å². The van der Waals surface area contributed by atoms with Crippen LogP contribution in [0.25, 0.3) is 11.3 Å². The number of aryl methyl sites for hydroxylation is 2. The zero-order chi connectivity index (χ0) is 14.9. The SMILES string of the molecule is Cc1cc(O)ccc1-c1[c-]cc(C)c(=O)n1CC(F)F.[Y]. The van der Waals surface area contributed by atoms with Crippen LogP contribution in [0.5, 0.6) is 5.75 Å². The molecule has 0 aliphatic carbocycles. The van der Waals surface area contributed by atoms with E-state index in [-0.39, 0.29) is 38.5 Å². The van der Waals surface area contributed by atoms with Crippen molar-refractivity contribution in [3.8, 4) is 17.0 Å². The molecule has 1 radical (unpaired) electrons. The first-order valence-corrected chi connectivity index (χ1v) is 6.10. The molecule has 0 atom stereocenters. The van der Waals surface area contributed by atoms with Crippen molar-refractivity contribution in [3.05, 3.63) is 51.8 Å². The third kappa shape index (κ3) is 3.98. The second kappa shape index (κ2) is 7.27. The van der Waals surface area contributed by atoms with E-state index in [1.807, 2.05) is 0 Å². The Morgan fingerprint density at radius 1 is 1.29 bits per heavy atom. The maximum atomic E-state index is 12.7. The number of alkyl halides is 2. The Balaban J connectivity index is 0.00000220. The Kier molecular flexibility index (Phi) is 6.23. The minimum Gasteiger partial charge on any atom is -0.508 e. The largest absolute Gasteiger partial charge is 0.508 e. The van der Waals surface area contributed by atoms with Crippen molar-refractivity contribution in [3.63, 3.8) is 0 Å². The topological polar surface area (TPSA) is 42.2 Å². The molecule has 1 aromatic heterocycles. The van der Waals surface area contributed by atoms with Crippen molar-refractivity contribution < 1.29 is 46.6 Å². The number of pyridine rings is 1. The average Bonchev–Trinajstić information content (AvgIpc) is 2.36. The van der Waals surface area contributed by atoms with Crippen LogP contribution in [0.15, 0.2) is 29.1 Å². The van der Waals surface area contributed by atoms with E-state index in [9.17, 15) is 18.7 Å². The molecule has 0 saturated heterocycles. The van der Waals surface area contributed by atoms with Gasteiger partial charge >= 0.3 is 0 Å². The summed E-state index contributed by atoms with van der Waals surface area (Å²) in [5.74, 6) is 0.0844. The van der Waals surface area contributed by atoms with Gasteiger partial charge in [0, 0.05) is 32.7 Å². The third-order valence-corrected chi connectivity index (χ3v) is 3.06. The smallest absolute Gasteiger partial charge is 0.256 e. The number of hydrogen-bond donors (Lipinski definition) is 1. The number of phenolic OH excluding ortho intramolecular Hbond substituents is 1. The standard InChI is InChI=1S/C15H14F2NO2.Y/c1-9-3-6-13(18(15(9)20)8-14(16)17)12-5-4-11(19)7-10(12)2;/h3-5,7,14,19H,8H2,1-2H3;/q-1;. The maximum absolute atomic E-state index is 12.7. The van der Waals surface area contributed by atoms with Gasteiger partial charge in [-0.15, -0.1) is 6.07 Å². The molecule has 2 rings (SSSR count). The number of hydrogen-bond acceptors (Lipinski definition) is 2. The van der Waals surface area contributed by atoms with Crippen LogP contribution in [0.4, 0.5) is 8.78 Å². The number of nitrogens with zero attached hydrogens (tertiary/aromatic N) is 1. The quantitative estimate of drug-likeness (QED) is 0.848.